The van der Waals surface area contributed by atoms with Crippen LogP contribution < -0.4 is 5.32 Å². The number of hydrogen-bond acceptors (Lipinski definition) is 3. The van der Waals surface area contributed by atoms with Crippen molar-refractivity contribution in [1.29, 1.82) is 0 Å². The van der Waals surface area contributed by atoms with Gasteiger partial charge in [0, 0.05) is 11.5 Å². The fourth-order valence-electron chi connectivity index (χ4n) is 2.87. The molecule has 0 spiro atoms. The molecule has 0 bridgehead atoms. The van der Waals surface area contributed by atoms with E-state index in [1.807, 2.05) is 0 Å². The Morgan fingerprint density at radius 3 is 2.36 bits per heavy atom. The van der Waals surface area contributed by atoms with Crippen molar-refractivity contribution in [3.8, 4) is 11.3 Å². The standard InChI is InChI=1S/C18H18F3N3O/c1-10(2)17(25)24-16-9-22-15(8-23-16)13-6-11-4-3-5-12(11)7-14(13)18(19,20)21/h6-10H,3-5H2,1-2H3,(H,23,24,25). The highest BCUT2D eigenvalue weighted by molar-refractivity contribution is 5.91. The molecule has 0 saturated heterocycles. The third-order valence-corrected chi connectivity index (χ3v) is 4.24. The average molecular weight is 349 g/mol. The van der Waals surface area contributed by atoms with E-state index in [4.69, 9.17) is 0 Å². The van der Waals surface area contributed by atoms with E-state index in [1.54, 1.807) is 19.9 Å². The van der Waals surface area contributed by atoms with Crippen molar-refractivity contribution in [3.63, 3.8) is 0 Å². The molecule has 0 atom stereocenters. The number of fused-ring (bicyclic) bond motifs is 1. The Bertz CT molecular complexity index is 798. The van der Waals surface area contributed by atoms with E-state index in [-0.39, 0.29) is 28.9 Å². The molecule has 1 aromatic heterocycles. The minimum absolute atomic E-state index is 0.0300. The number of anilines is 1. The van der Waals surface area contributed by atoms with Crippen molar-refractivity contribution >= 4 is 11.7 Å². The molecule has 0 fully saturated rings. The van der Waals surface area contributed by atoms with E-state index in [9.17, 15) is 18.0 Å². The summed E-state index contributed by atoms with van der Waals surface area (Å²) in [5.74, 6) is -0.234. The second kappa shape index (κ2) is 6.46. The summed E-state index contributed by atoms with van der Waals surface area (Å²) in [6.07, 6.45) is 0.396. The van der Waals surface area contributed by atoms with Crippen molar-refractivity contribution in [1.82, 2.24) is 9.97 Å². The first-order valence-corrected chi connectivity index (χ1v) is 8.12. The van der Waals surface area contributed by atoms with Gasteiger partial charge in [-0.3, -0.25) is 9.78 Å². The lowest BCUT2D eigenvalue weighted by Gasteiger charge is -2.15. The fourth-order valence-corrected chi connectivity index (χ4v) is 2.87. The first-order valence-electron chi connectivity index (χ1n) is 8.12. The molecule has 132 valence electrons. The zero-order chi connectivity index (χ0) is 18.2. The maximum Gasteiger partial charge on any atom is 0.417 e. The van der Waals surface area contributed by atoms with Crippen LogP contribution in [0.4, 0.5) is 19.0 Å². The van der Waals surface area contributed by atoms with Gasteiger partial charge in [-0.25, -0.2) is 4.98 Å². The lowest BCUT2D eigenvalue weighted by molar-refractivity contribution is -0.137. The van der Waals surface area contributed by atoms with Gasteiger partial charge >= 0.3 is 6.18 Å². The number of alkyl halides is 3. The summed E-state index contributed by atoms with van der Waals surface area (Å²) in [5.41, 5.74) is 1.17. The van der Waals surface area contributed by atoms with E-state index in [0.717, 1.165) is 24.0 Å². The third kappa shape index (κ3) is 3.65. The summed E-state index contributed by atoms with van der Waals surface area (Å²) in [7, 11) is 0. The van der Waals surface area contributed by atoms with Crippen molar-refractivity contribution in [2.45, 2.75) is 39.3 Å². The largest absolute Gasteiger partial charge is 0.417 e. The third-order valence-electron chi connectivity index (χ3n) is 4.24. The Morgan fingerprint density at radius 2 is 1.80 bits per heavy atom. The van der Waals surface area contributed by atoms with E-state index in [2.05, 4.69) is 15.3 Å². The van der Waals surface area contributed by atoms with Crippen molar-refractivity contribution in [2.24, 2.45) is 5.92 Å². The molecule has 3 rings (SSSR count). The zero-order valence-corrected chi connectivity index (χ0v) is 13.9. The van der Waals surface area contributed by atoms with E-state index < -0.39 is 11.7 Å². The van der Waals surface area contributed by atoms with Gasteiger partial charge in [-0.15, -0.1) is 0 Å². The molecule has 0 unspecified atom stereocenters. The fraction of sp³-hybridized carbons (Fsp3) is 0.389. The summed E-state index contributed by atoms with van der Waals surface area (Å²) in [5, 5.41) is 2.57. The van der Waals surface area contributed by atoms with Gasteiger partial charge < -0.3 is 5.32 Å². The lowest BCUT2D eigenvalue weighted by atomic mass is 9.97. The molecule has 4 nitrogen and oxygen atoms in total. The quantitative estimate of drug-likeness (QED) is 0.901. The summed E-state index contributed by atoms with van der Waals surface area (Å²) in [6.45, 7) is 3.47. The number of benzene rings is 1. The van der Waals surface area contributed by atoms with Crippen LogP contribution in [-0.2, 0) is 23.8 Å². The number of halogens is 3. The van der Waals surface area contributed by atoms with Crippen LogP contribution in [0.25, 0.3) is 11.3 Å². The highest BCUT2D eigenvalue weighted by atomic mass is 19.4. The summed E-state index contributed by atoms with van der Waals surface area (Å²) in [6, 6.07) is 2.80. The number of aromatic nitrogens is 2. The molecule has 1 heterocycles. The predicted molar refractivity (Wildman–Crippen MR) is 88.0 cm³/mol. The van der Waals surface area contributed by atoms with Gasteiger partial charge in [-0.05, 0) is 42.5 Å². The molecule has 1 aromatic carbocycles. The molecule has 1 amide bonds. The van der Waals surface area contributed by atoms with Crippen LogP contribution in [0.5, 0.6) is 0 Å². The normalized spacial score (nSPS) is 13.8. The summed E-state index contributed by atoms with van der Waals surface area (Å²) < 4.78 is 40.3. The molecule has 7 heteroatoms. The van der Waals surface area contributed by atoms with Gasteiger partial charge in [0.2, 0.25) is 5.91 Å². The van der Waals surface area contributed by atoms with Crippen LogP contribution >= 0.6 is 0 Å². The number of carbonyl (C=O) groups is 1. The number of rotatable bonds is 3. The Morgan fingerprint density at radius 1 is 1.12 bits per heavy atom. The van der Waals surface area contributed by atoms with Gasteiger partial charge in [0.1, 0.15) is 0 Å². The highest BCUT2D eigenvalue weighted by Crippen LogP contribution is 2.40. The average Bonchev–Trinajstić information content (AvgIpc) is 3.01. The minimum Gasteiger partial charge on any atom is -0.309 e. The number of nitrogens with zero attached hydrogens (tertiary/aromatic N) is 2. The molecule has 0 aliphatic heterocycles. The Labute approximate surface area is 143 Å². The number of amides is 1. The van der Waals surface area contributed by atoms with Crippen LogP contribution in [0, 0.1) is 5.92 Å². The van der Waals surface area contributed by atoms with Gasteiger partial charge in [-0.2, -0.15) is 13.2 Å². The number of aryl methyl sites for hydroxylation is 2. The number of hydrogen-bond donors (Lipinski definition) is 1. The molecule has 1 aliphatic rings. The van der Waals surface area contributed by atoms with Crippen LogP contribution in [0.1, 0.15) is 37.0 Å². The molecule has 0 saturated carbocycles. The topological polar surface area (TPSA) is 54.9 Å². The Kier molecular flexibility index (Phi) is 4.49. The van der Waals surface area contributed by atoms with Crippen molar-refractivity contribution in [3.05, 3.63) is 41.2 Å². The maximum atomic E-state index is 13.4. The number of nitrogens with one attached hydrogen (secondary N) is 1. The second-order valence-electron chi connectivity index (χ2n) is 6.45. The first kappa shape index (κ1) is 17.4. The van der Waals surface area contributed by atoms with Gasteiger partial charge in [-0.1, -0.05) is 13.8 Å². The van der Waals surface area contributed by atoms with Crippen molar-refractivity contribution < 1.29 is 18.0 Å². The number of carbonyl (C=O) groups excluding carboxylic acids is 1. The minimum atomic E-state index is -4.46. The molecular formula is C18H18F3N3O. The first-order chi connectivity index (χ1) is 11.8. The highest BCUT2D eigenvalue weighted by Gasteiger charge is 2.35. The smallest absolute Gasteiger partial charge is 0.309 e. The van der Waals surface area contributed by atoms with E-state index in [0.29, 0.717) is 6.42 Å². The van der Waals surface area contributed by atoms with E-state index in [1.165, 1.54) is 18.5 Å². The SMILES string of the molecule is CC(C)C(=O)Nc1cnc(-c2cc3c(cc2C(F)(F)F)CCC3)cn1. The lowest BCUT2D eigenvalue weighted by Crippen LogP contribution is -2.18. The Hall–Kier alpha value is -2.44. The van der Waals surface area contributed by atoms with Crippen molar-refractivity contribution in [2.75, 3.05) is 5.32 Å². The Balaban J connectivity index is 1.97. The molecule has 25 heavy (non-hydrogen) atoms. The second-order valence-corrected chi connectivity index (χ2v) is 6.45. The molecule has 0 radical (unpaired) electrons. The molecule has 1 aliphatic carbocycles. The molecule has 2 aromatic rings. The van der Waals surface area contributed by atoms with Crippen LogP contribution in [0.3, 0.4) is 0 Å². The zero-order valence-electron chi connectivity index (χ0n) is 13.9. The molecular weight excluding hydrogens is 331 g/mol. The van der Waals surface area contributed by atoms with Gasteiger partial charge in [0.05, 0.1) is 23.7 Å². The van der Waals surface area contributed by atoms with Gasteiger partial charge in [0.25, 0.3) is 0 Å². The van der Waals surface area contributed by atoms with Crippen LogP contribution in [0.15, 0.2) is 24.5 Å². The maximum absolute atomic E-state index is 13.4. The van der Waals surface area contributed by atoms with Crippen LogP contribution in [-0.4, -0.2) is 15.9 Å². The summed E-state index contributed by atoms with van der Waals surface area (Å²) in [4.78, 5) is 19.8. The predicted octanol–water partition coefficient (Wildman–Crippen LogP) is 4.25. The molecule has 1 N–H and O–H groups in total. The monoisotopic (exact) mass is 349 g/mol. The summed E-state index contributed by atoms with van der Waals surface area (Å²) >= 11 is 0. The van der Waals surface area contributed by atoms with Gasteiger partial charge in [0.15, 0.2) is 5.82 Å². The van der Waals surface area contributed by atoms with E-state index >= 15 is 0 Å². The van der Waals surface area contributed by atoms with Crippen LogP contribution in [0.2, 0.25) is 0 Å².